The molecule has 2 N–H and O–H groups in total. The van der Waals surface area contributed by atoms with E-state index in [9.17, 15) is 0 Å². The van der Waals surface area contributed by atoms with Gasteiger partial charge in [-0.25, -0.2) is 10.5 Å². The third-order valence-electron chi connectivity index (χ3n) is 0.797. The van der Waals surface area contributed by atoms with Crippen LogP contribution in [0.4, 0.5) is 0 Å². The van der Waals surface area contributed by atoms with E-state index in [1.165, 1.54) is 0 Å². The van der Waals surface area contributed by atoms with E-state index in [-0.39, 0.29) is 0 Å². The molecule has 0 radical (unpaired) electrons. The highest BCUT2D eigenvalue weighted by atomic mass is 16.0. The zero-order valence-electron chi connectivity index (χ0n) is 4.92. The fourth-order valence-corrected chi connectivity index (χ4v) is 0.401. The Kier molecular flexibility index (Phi) is 1.32. The van der Waals surface area contributed by atoms with Crippen molar-refractivity contribution in [2.75, 3.05) is 14.1 Å². The summed E-state index contributed by atoms with van der Waals surface area (Å²) in [6.45, 7) is 0. The number of nitrogens with one attached hydrogen (secondary N) is 2. The van der Waals surface area contributed by atoms with E-state index >= 15 is 0 Å². The zero-order chi connectivity index (χ0) is 5.98. The predicted octanol–water partition coefficient (Wildman–Crippen LogP) is -1.27. The molecular weight excluding hydrogens is 106 g/mol. The number of nitrogens with zero attached hydrogens (tertiary/aromatic N) is 3. The summed E-state index contributed by atoms with van der Waals surface area (Å²) in [5, 5.41) is 7.15. The number of hydrogen-bond donors (Lipinski definition) is 2. The highest BCUT2D eigenvalue weighted by Gasteiger charge is 2.05. The van der Waals surface area contributed by atoms with Crippen LogP contribution in [0.3, 0.4) is 0 Å². The van der Waals surface area contributed by atoms with Crippen LogP contribution in [-0.2, 0) is 0 Å². The molecule has 0 saturated carbocycles. The minimum absolute atomic E-state index is 1.57. The maximum Gasteiger partial charge on any atom is 0.127 e. The molecule has 0 unspecified atom stereocenters. The first kappa shape index (κ1) is 5.33. The van der Waals surface area contributed by atoms with Gasteiger partial charge in [0, 0.05) is 14.1 Å². The summed E-state index contributed by atoms with van der Waals surface area (Å²) in [6.07, 6.45) is 1.57. The Balaban J connectivity index is 2.29. The lowest BCUT2D eigenvalue weighted by Crippen LogP contribution is -2.48. The summed E-state index contributed by atoms with van der Waals surface area (Å²) in [7, 11) is 3.80. The largest absolute Gasteiger partial charge is 0.274 e. The molecule has 1 aliphatic heterocycles. The average Bonchev–Trinajstić information content (AvgIpc) is 2.12. The summed E-state index contributed by atoms with van der Waals surface area (Å²) in [5.74, 6) is 0. The Morgan fingerprint density at radius 2 is 2.38 bits per heavy atom. The average molecular weight is 115 g/mol. The summed E-state index contributed by atoms with van der Waals surface area (Å²) in [4.78, 5) is 0. The number of hydrazone groups is 1. The highest BCUT2D eigenvalue weighted by molar-refractivity contribution is 5.53. The van der Waals surface area contributed by atoms with E-state index < -0.39 is 0 Å². The van der Waals surface area contributed by atoms with Crippen LogP contribution in [-0.4, -0.2) is 30.7 Å². The minimum atomic E-state index is 1.57. The first-order valence-corrected chi connectivity index (χ1v) is 2.31. The molecule has 0 bridgehead atoms. The molecule has 46 valence electrons. The molecular formula is C3H9N5. The molecule has 0 amide bonds. The van der Waals surface area contributed by atoms with Crippen molar-refractivity contribution >= 4 is 6.34 Å². The van der Waals surface area contributed by atoms with Crippen molar-refractivity contribution < 1.29 is 0 Å². The fourth-order valence-electron chi connectivity index (χ4n) is 0.401. The van der Waals surface area contributed by atoms with Gasteiger partial charge in [-0.05, 0) is 5.23 Å². The van der Waals surface area contributed by atoms with E-state index in [0.717, 1.165) is 0 Å². The van der Waals surface area contributed by atoms with Gasteiger partial charge in [0.05, 0.1) is 0 Å². The van der Waals surface area contributed by atoms with Crippen LogP contribution >= 0.6 is 0 Å². The number of hydrogen-bond acceptors (Lipinski definition) is 5. The summed E-state index contributed by atoms with van der Waals surface area (Å²) >= 11 is 0. The molecule has 0 aromatic heterocycles. The van der Waals surface area contributed by atoms with Gasteiger partial charge in [-0.2, -0.15) is 5.10 Å². The Bertz CT molecular complexity index is 89.8. The maximum atomic E-state index is 3.68. The Morgan fingerprint density at radius 3 is 2.62 bits per heavy atom. The SMILES string of the molecule is CN(C)N1NC=NN1. The van der Waals surface area contributed by atoms with Gasteiger partial charge in [-0.15, -0.1) is 0 Å². The molecule has 1 aliphatic rings. The smallest absolute Gasteiger partial charge is 0.127 e. The zero-order valence-corrected chi connectivity index (χ0v) is 4.92. The summed E-state index contributed by atoms with van der Waals surface area (Å²) in [6, 6.07) is 0. The van der Waals surface area contributed by atoms with Crippen molar-refractivity contribution in [3.05, 3.63) is 0 Å². The van der Waals surface area contributed by atoms with E-state index in [2.05, 4.69) is 16.1 Å². The van der Waals surface area contributed by atoms with Crippen LogP contribution in [0, 0.1) is 0 Å². The van der Waals surface area contributed by atoms with Crippen LogP contribution in [0.2, 0.25) is 0 Å². The standard InChI is InChI=1S/C3H9N5/c1-7(2)8-5-3-4-6-8/h3,6H,1-2H3,(H,4,5). The molecule has 0 aromatic carbocycles. The maximum absolute atomic E-state index is 3.68. The van der Waals surface area contributed by atoms with Crippen molar-refractivity contribution in [3.8, 4) is 0 Å². The lowest BCUT2D eigenvalue weighted by Gasteiger charge is -2.20. The van der Waals surface area contributed by atoms with Gasteiger partial charge in [0.2, 0.25) is 0 Å². The molecule has 0 aliphatic carbocycles. The van der Waals surface area contributed by atoms with Gasteiger partial charge in [0.1, 0.15) is 6.34 Å². The van der Waals surface area contributed by atoms with Crippen molar-refractivity contribution in [1.29, 1.82) is 0 Å². The number of rotatable bonds is 1. The van der Waals surface area contributed by atoms with Gasteiger partial charge in [-0.1, -0.05) is 0 Å². The monoisotopic (exact) mass is 115 g/mol. The summed E-state index contributed by atoms with van der Waals surface area (Å²) < 4.78 is 0. The summed E-state index contributed by atoms with van der Waals surface area (Å²) in [5.41, 5.74) is 5.49. The minimum Gasteiger partial charge on any atom is -0.274 e. The molecule has 0 saturated heterocycles. The second-order valence-electron chi connectivity index (χ2n) is 1.65. The van der Waals surface area contributed by atoms with Crippen LogP contribution in [0.5, 0.6) is 0 Å². The van der Waals surface area contributed by atoms with E-state index in [1.807, 2.05) is 19.1 Å². The lowest BCUT2D eigenvalue weighted by atomic mass is 11.2. The van der Waals surface area contributed by atoms with Crippen LogP contribution in [0.15, 0.2) is 5.10 Å². The third kappa shape index (κ3) is 0.877. The highest BCUT2D eigenvalue weighted by Crippen LogP contribution is 1.81. The first-order valence-electron chi connectivity index (χ1n) is 2.31. The third-order valence-corrected chi connectivity index (χ3v) is 0.797. The Morgan fingerprint density at radius 1 is 1.62 bits per heavy atom. The van der Waals surface area contributed by atoms with Crippen molar-refractivity contribution in [3.63, 3.8) is 0 Å². The van der Waals surface area contributed by atoms with Gasteiger partial charge >= 0.3 is 0 Å². The molecule has 0 fully saturated rings. The molecule has 0 spiro atoms. The number of hydrazine groups is 3. The normalized spacial score (nSPS) is 18.9. The van der Waals surface area contributed by atoms with Crippen molar-refractivity contribution in [2.45, 2.75) is 0 Å². The van der Waals surface area contributed by atoms with Crippen molar-refractivity contribution in [2.24, 2.45) is 5.10 Å². The fraction of sp³-hybridized carbons (Fsp3) is 0.667. The van der Waals surface area contributed by atoms with Gasteiger partial charge < -0.3 is 0 Å². The van der Waals surface area contributed by atoms with E-state index in [4.69, 9.17) is 0 Å². The topological polar surface area (TPSA) is 42.9 Å². The van der Waals surface area contributed by atoms with Gasteiger partial charge in [0.15, 0.2) is 0 Å². The van der Waals surface area contributed by atoms with Crippen LogP contribution < -0.4 is 11.0 Å². The predicted molar refractivity (Wildman–Crippen MR) is 30.3 cm³/mol. The van der Waals surface area contributed by atoms with Crippen molar-refractivity contribution in [1.82, 2.24) is 21.2 Å². The second kappa shape index (κ2) is 1.97. The van der Waals surface area contributed by atoms with Crippen LogP contribution in [0.25, 0.3) is 0 Å². The van der Waals surface area contributed by atoms with E-state index in [0.29, 0.717) is 0 Å². The molecule has 8 heavy (non-hydrogen) atoms. The molecule has 5 heteroatoms. The van der Waals surface area contributed by atoms with E-state index in [1.54, 1.807) is 11.6 Å². The molecule has 0 aromatic rings. The quantitative estimate of drug-likeness (QED) is 0.447. The molecule has 1 heterocycles. The Hall–Kier alpha value is -0.810. The Labute approximate surface area is 47.9 Å². The lowest BCUT2D eigenvalue weighted by molar-refractivity contribution is -0.0413. The molecule has 1 rings (SSSR count). The molecule has 5 nitrogen and oxygen atoms in total. The van der Waals surface area contributed by atoms with Crippen LogP contribution in [0.1, 0.15) is 0 Å². The van der Waals surface area contributed by atoms with Gasteiger partial charge in [-0.3, -0.25) is 5.43 Å². The first-order chi connectivity index (χ1) is 3.80. The van der Waals surface area contributed by atoms with Gasteiger partial charge in [0.25, 0.3) is 0 Å². The molecule has 0 atom stereocenters. The second-order valence-corrected chi connectivity index (χ2v) is 1.65.